The molecule has 0 saturated carbocycles. The first kappa shape index (κ1) is 26.4. The van der Waals surface area contributed by atoms with E-state index in [2.05, 4.69) is 27.2 Å². The van der Waals surface area contributed by atoms with Crippen LogP contribution < -0.4 is 0 Å². The lowest BCUT2D eigenvalue weighted by molar-refractivity contribution is -0.0762. The van der Waals surface area contributed by atoms with Crippen LogP contribution >= 0.6 is 0 Å². The molecule has 1 amide bonds. The molecule has 2 unspecified atom stereocenters. The van der Waals surface area contributed by atoms with Gasteiger partial charge >= 0.3 is 6.09 Å². The van der Waals surface area contributed by atoms with Gasteiger partial charge in [-0.1, -0.05) is 30.3 Å². The molecule has 0 aliphatic carbocycles. The molecule has 0 N–H and O–H groups in total. The van der Waals surface area contributed by atoms with Crippen molar-refractivity contribution < 1.29 is 18.7 Å². The quantitative estimate of drug-likeness (QED) is 0.339. The van der Waals surface area contributed by atoms with Gasteiger partial charge in [0.25, 0.3) is 5.95 Å². The molecule has 5 rings (SSSR count). The molecular weight excluding hydrogens is 499 g/mol. The molecule has 1 saturated heterocycles. The first-order chi connectivity index (χ1) is 18.8. The normalized spacial score (nSPS) is 17.7. The van der Waals surface area contributed by atoms with Crippen molar-refractivity contribution in [2.24, 2.45) is 0 Å². The minimum absolute atomic E-state index is 0.183. The van der Waals surface area contributed by atoms with E-state index in [4.69, 9.17) is 14.5 Å². The number of rotatable bonds is 6. The maximum absolute atomic E-state index is 13.6. The Kier molecular flexibility index (Phi) is 7.65. The highest BCUT2D eigenvalue weighted by Crippen LogP contribution is 2.30. The van der Waals surface area contributed by atoms with Crippen LogP contribution in [0.1, 0.15) is 44.7 Å². The van der Waals surface area contributed by atoms with Crippen LogP contribution in [0.2, 0.25) is 0 Å². The number of halogens is 1. The molecule has 2 aromatic heterocycles. The van der Waals surface area contributed by atoms with Crippen molar-refractivity contribution in [1.29, 1.82) is 0 Å². The van der Waals surface area contributed by atoms with E-state index >= 15 is 0 Å². The molecule has 1 fully saturated rings. The molecule has 0 radical (unpaired) electrons. The average molecular weight is 531 g/mol. The number of carbonyl (C=O) groups is 1. The second-order valence-electron chi connectivity index (χ2n) is 10.4. The van der Waals surface area contributed by atoms with Crippen molar-refractivity contribution in [3.05, 3.63) is 90.3 Å². The predicted molar refractivity (Wildman–Crippen MR) is 143 cm³/mol. The second-order valence-corrected chi connectivity index (χ2v) is 10.4. The number of aromatic nitrogens is 5. The summed E-state index contributed by atoms with van der Waals surface area (Å²) in [6.45, 7) is 6.05. The summed E-state index contributed by atoms with van der Waals surface area (Å²) in [6, 6.07) is 17.6. The lowest BCUT2D eigenvalue weighted by atomic mass is 10.0. The van der Waals surface area contributed by atoms with Gasteiger partial charge in [0, 0.05) is 18.0 Å². The first-order valence-electron chi connectivity index (χ1n) is 12.9. The minimum Gasteiger partial charge on any atom is -0.444 e. The summed E-state index contributed by atoms with van der Waals surface area (Å²) in [5.41, 5.74) is 1.17. The van der Waals surface area contributed by atoms with Gasteiger partial charge in [-0.2, -0.15) is 4.68 Å². The fraction of sp³-hybridized carbons (Fsp3) is 0.345. The van der Waals surface area contributed by atoms with Gasteiger partial charge in [0.15, 0.2) is 11.6 Å². The molecular formula is C29H31FN6O3. The Morgan fingerprint density at radius 3 is 2.46 bits per heavy atom. The molecule has 0 bridgehead atoms. The van der Waals surface area contributed by atoms with Crippen LogP contribution in [0.4, 0.5) is 9.18 Å². The highest BCUT2D eigenvalue weighted by atomic mass is 19.1. The summed E-state index contributed by atoms with van der Waals surface area (Å²) in [7, 11) is 0. The van der Waals surface area contributed by atoms with Crippen molar-refractivity contribution in [3.63, 3.8) is 0 Å². The fourth-order valence-electron chi connectivity index (χ4n) is 4.42. The highest BCUT2D eigenvalue weighted by Gasteiger charge is 2.38. The highest BCUT2D eigenvalue weighted by molar-refractivity contribution is 5.69. The van der Waals surface area contributed by atoms with Crippen molar-refractivity contribution in [2.45, 2.75) is 51.4 Å². The van der Waals surface area contributed by atoms with Gasteiger partial charge < -0.3 is 9.47 Å². The monoisotopic (exact) mass is 530 g/mol. The smallest absolute Gasteiger partial charge is 0.410 e. The van der Waals surface area contributed by atoms with Gasteiger partial charge in [-0.05, 0) is 69.5 Å². The van der Waals surface area contributed by atoms with Crippen molar-refractivity contribution >= 4 is 6.09 Å². The largest absolute Gasteiger partial charge is 0.444 e. The molecule has 9 nitrogen and oxygen atoms in total. The van der Waals surface area contributed by atoms with Crippen LogP contribution in [0.25, 0.3) is 17.3 Å². The molecule has 0 spiro atoms. The molecule has 10 heteroatoms. The van der Waals surface area contributed by atoms with Crippen molar-refractivity contribution in [2.75, 3.05) is 13.2 Å². The van der Waals surface area contributed by atoms with E-state index in [-0.39, 0.29) is 18.4 Å². The van der Waals surface area contributed by atoms with Crippen LogP contribution in [0.15, 0.2) is 73.1 Å². The molecule has 4 aromatic rings. The number of benzene rings is 2. The SMILES string of the molecule is CC(C)(C)OC(=O)N1CC(c2nc(-c3ccc(F)cc3)nn2-c2ncccn2)OCC1CCc1ccccc1. The Morgan fingerprint density at radius 2 is 1.77 bits per heavy atom. The summed E-state index contributed by atoms with van der Waals surface area (Å²) in [5.74, 6) is 0.772. The van der Waals surface area contributed by atoms with Gasteiger partial charge in [-0.3, -0.25) is 4.90 Å². The fourth-order valence-corrected chi connectivity index (χ4v) is 4.42. The van der Waals surface area contributed by atoms with Crippen LogP contribution in [-0.4, -0.2) is 60.5 Å². The summed E-state index contributed by atoms with van der Waals surface area (Å²) in [6.07, 6.45) is 3.71. The minimum atomic E-state index is -0.650. The molecule has 2 aromatic carbocycles. The van der Waals surface area contributed by atoms with E-state index in [9.17, 15) is 9.18 Å². The van der Waals surface area contributed by atoms with Crippen LogP contribution in [-0.2, 0) is 15.9 Å². The van der Waals surface area contributed by atoms with Gasteiger partial charge in [-0.15, -0.1) is 5.10 Å². The standard InChI is InChI=1S/C29H31FN6O3/c1-29(2,3)39-28(37)35-18-24(38-19-23(35)15-10-20-8-5-4-6-9-20)26-33-25(21-11-13-22(30)14-12-21)34-36(26)27-31-16-7-17-32-27/h4-9,11-14,16-17,23-24H,10,15,18-19H2,1-3H3. The van der Waals surface area contributed by atoms with Gasteiger partial charge in [0.1, 0.15) is 17.5 Å². The maximum atomic E-state index is 13.6. The second kappa shape index (κ2) is 11.3. The first-order valence-corrected chi connectivity index (χ1v) is 12.9. The number of morpholine rings is 1. The number of amides is 1. The molecule has 1 aliphatic heterocycles. The van der Waals surface area contributed by atoms with Gasteiger partial charge in [-0.25, -0.2) is 24.1 Å². The van der Waals surface area contributed by atoms with E-state index < -0.39 is 17.8 Å². The van der Waals surface area contributed by atoms with Crippen LogP contribution in [0, 0.1) is 5.82 Å². The lowest BCUT2D eigenvalue weighted by Crippen LogP contribution is -2.51. The summed E-state index contributed by atoms with van der Waals surface area (Å²) < 4.78 is 27.2. The zero-order valence-electron chi connectivity index (χ0n) is 22.2. The molecule has 1 aliphatic rings. The zero-order valence-corrected chi connectivity index (χ0v) is 22.2. The predicted octanol–water partition coefficient (Wildman–Crippen LogP) is 5.17. The maximum Gasteiger partial charge on any atom is 0.410 e. The Hall–Kier alpha value is -4.18. The summed E-state index contributed by atoms with van der Waals surface area (Å²) >= 11 is 0. The summed E-state index contributed by atoms with van der Waals surface area (Å²) in [4.78, 5) is 28.5. The number of hydrogen-bond donors (Lipinski definition) is 0. The molecule has 3 heterocycles. The third-order valence-corrected chi connectivity index (χ3v) is 6.29. The Labute approximate surface area is 226 Å². The van der Waals surface area contributed by atoms with E-state index in [0.717, 1.165) is 6.42 Å². The molecule has 39 heavy (non-hydrogen) atoms. The average Bonchev–Trinajstić information content (AvgIpc) is 3.38. The number of aryl methyl sites for hydroxylation is 1. The van der Waals surface area contributed by atoms with E-state index in [0.29, 0.717) is 36.2 Å². The van der Waals surface area contributed by atoms with E-state index in [1.807, 2.05) is 39.0 Å². The van der Waals surface area contributed by atoms with Crippen molar-refractivity contribution in [3.8, 4) is 17.3 Å². The van der Waals surface area contributed by atoms with Crippen LogP contribution in [0.5, 0.6) is 0 Å². The zero-order chi connectivity index (χ0) is 27.4. The topological polar surface area (TPSA) is 95.3 Å². The van der Waals surface area contributed by atoms with E-state index in [1.165, 1.54) is 22.4 Å². The molecule has 202 valence electrons. The third kappa shape index (κ3) is 6.46. The Morgan fingerprint density at radius 1 is 1.05 bits per heavy atom. The Balaban J connectivity index is 1.45. The van der Waals surface area contributed by atoms with Gasteiger partial charge in [0.2, 0.25) is 0 Å². The van der Waals surface area contributed by atoms with Crippen molar-refractivity contribution in [1.82, 2.24) is 29.6 Å². The molecule has 2 atom stereocenters. The number of nitrogens with zero attached hydrogens (tertiary/aromatic N) is 6. The third-order valence-electron chi connectivity index (χ3n) is 6.29. The van der Waals surface area contributed by atoms with Crippen LogP contribution in [0.3, 0.4) is 0 Å². The summed E-state index contributed by atoms with van der Waals surface area (Å²) in [5, 5.41) is 4.62. The van der Waals surface area contributed by atoms with Gasteiger partial charge in [0.05, 0.1) is 19.2 Å². The number of ether oxygens (including phenoxy) is 2. The number of carbonyl (C=O) groups excluding carboxylic acids is 1. The number of hydrogen-bond acceptors (Lipinski definition) is 7. The Bertz CT molecular complexity index is 1390. The van der Waals surface area contributed by atoms with E-state index in [1.54, 1.807) is 35.5 Å². The lowest BCUT2D eigenvalue weighted by Gasteiger charge is -2.39.